The monoisotopic (exact) mass is 504 g/mol. The van der Waals surface area contributed by atoms with Crippen LogP contribution >= 0.6 is 24.0 Å². The first-order chi connectivity index (χ1) is 13.5. The molecule has 3 N–H and O–H groups in total. The van der Waals surface area contributed by atoms with Crippen molar-refractivity contribution in [1.29, 1.82) is 0 Å². The second kappa shape index (κ2) is 11.0. The van der Waals surface area contributed by atoms with Gasteiger partial charge >= 0.3 is 0 Å². The highest BCUT2D eigenvalue weighted by atomic mass is 127. The van der Waals surface area contributed by atoms with Gasteiger partial charge in [-0.3, -0.25) is 4.90 Å². The molecule has 3 rings (SSSR count). The number of anilines is 1. The molecule has 0 saturated heterocycles. The fraction of sp³-hybridized carbons (Fsp3) is 0.261. The highest BCUT2D eigenvalue weighted by Crippen LogP contribution is 2.16. The number of benzene rings is 2. The van der Waals surface area contributed by atoms with E-state index >= 15 is 0 Å². The minimum atomic E-state index is 0. The largest absolute Gasteiger partial charge is 0.468 e. The summed E-state index contributed by atoms with van der Waals surface area (Å²) < 4.78 is 5.44. The van der Waals surface area contributed by atoms with Crippen LogP contribution in [0.1, 0.15) is 28.0 Å². The van der Waals surface area contributed by atoms with Gasteiger partial charge in [0.1, 0.15) is 5.76 Å². The van der Waals surface area contributed by atoms with Crippen molar-refractivity contribution in [3.05, 3.63) is 88.9 Å². The molecule has 5 nitrogen and oxygen atoms in total. The highest BCUT2D eigenvalue weighted by Gasteiger charge is 2.07. The zero-order chi connectivity index (χ0) is 19.9. The van der Waals surface area contributed by atoms with Crippen LogP contribution in [-0.2, 0) is 19.6 Å². The number of aryl methyl sites for hydroxylation is 2. The lowest BCUT2D eigenvalue weighted by atomic mass is 10.1. The molecule has 0 radical (unpaired) electrons. The summed E-state index contributed by atoms with van der Waals surface area (Å²) >= 11 is 0. The molecule has 0 fully saturated rings. The Morgan fingerprint density at radius 2 is 1.76 bits per heavy atom. The molecule has 0 aliphatic heterocycles. The molecule has 2 aromatic carbocycles. The van der Waals surface area contributed by atoms with Crippen molar-refractivity contribution >= 4 is 35.6 Å². The maximum Gasteiger partial charge on any atom is 0.193 e. The minimum Gasteiger partial charge on any atom is -0.468 e. The lowest BCUT2D eigenvalue weighted by Gasteiger charge is -2.17. The van der Waals surface area contributed by atoms with Gasteiger partial charge in [0.05, 0.1) is 19.4 Å². The first-order valence-corrected chi connectivity index (χ1v) is 9.43. The molecule has 0 saturated carbocycles. The van der Waals surface area contributed by atoms with E-state index in [1.54, 1.807) is 6.26 Å². The highest BCUT2D eigenvalue weighted by molar-refractivity contribution is 14.0. The van der Waals surface area contributed by atoms with E-state index < -0.39 is 0 Å². The molecule has 3 aromatic rings. The molecule has 154 valence electrons. The molecule has 1 heterocycles. The van der Waals surface area contributed by atoms with E-state index in [1.807, 2.05) is 24.3 Å². The van der Waals surface area contributed by atoms with E-state index in [-0.39, 0.29) is 24.0 Å². The topological polar surface area (TPSA) is 66.8 Å². The van der Waals surface area contributed by atoms with Gasteiger partial charge in [-0.05, 0) is 67.4 Å². The number of guanidine groups is 1. The van der Waals surface area contributed by atoms with Crippen molar-refractivity contribution in [2.24, 2.45) is 10.7 Å². The average molecular weight is 504 g/mol. The van der Waals surface area contributed by atoms with Gasteiger partial charge in [0.25, 0.3) is 0 Å². The Labute approximate surface area is 190 Å². The number of nitrogens with one attached hydrogen (secondary N) is 1. The number of furan rings is 1. The maximum absolute atomic E-state index is 6.10. The van der Waals surface area contributed by atoms with Crippen molar-refractivity contribution in [3.8, 4) is 0 Å². The number of hydrogen-bond acceptors (Lipinski definition) is 3. The second-order valence-corrected chi connectivity index (χ2v) is 7.15. The smallest absolute Gasteiger partial charge is 0.193 e. The number of aliphatic imine (C=N–C) groups is 1. The van der Waals surface area contributed by atoms with Gasteiger partial charge in [0.2, 0.25) is 0 Å². The fourth-order valence-electron chi connectivity index (χ4n) is 3.06. The molecule has 0 spiro atoms. The Bertz CT molecular complexity index is 938. The quantitative estimate of drug-likeness (QED) is 0.268. The lowest BCUT2D eigenvalue weighted by Crippen LogP contribution is -2.23. The third-order valence-electron chi connectivity index (χ3n) is 4.76. The summed E-state index contributed by atoms with van der Waals surface area (Å²) in [5, 5.41) is 3.18. The molecular formula is C23H29IN4O. The third kappa shape index (κ3) is 6.90. The molecule has 0 amide bonds. The molecule has 0 aliphatic rings. The molecular weight excluding hydrogens is 475 g/mol. The Hall–Kier alpha value is -2.32. The van der Waals surface area contributed by atoms with Crippen molar-refractivity contribution in [1.82, 2.24) is 4.90 Å². The summed E-state index contributed by atoms with van der Waals surface area (Å²) in [6.45, 7) is 6.30. The van der Waals surface area contributed by atoms with E-state index in [1.165, 1.54) is 22.3 Å². The van der Waals surface area contributed by atoms with Crippen LogP contribution < -0.4 is 11.1 Å². The summed E-state index contributed by atoms with van der Waals surface area (Å²) in [5.41, 5.74) is 11.9. The van der Waals surface area contributed by atoms with Gasteiger partial charge in [-0.25, -0.2) is 4.99 Å². The van der Waals surface area contributed by atoms with Crippen LogP contribution in [0, 0.1) is 13.8 Å². The normalized spacial score (nSPS) is 11.4. The van der Waals surface area contributed by atoms with Gasteiger partial charge in [0, 0.05) is 12.2 Å². The number of rotatable bonds is 7. The Morgan fingerprint density at radius 3 is 2.45 bits per heavy atom. The first kappa shape index (κ1) is 23.0. The molecule has 1 aromatic heterocycles. The number of hydrogen-bond donors (Lipinski definition) is 2. The number of halogens is 1. The standard InChI is InChI=1S/C23H28N4O.HI/c1-17-10-11-21(13-18(17)2)26-23(24)25-14-19-7-4-5-8-20(19)15-27(3)16-22-9-6-12-28-22;/h4-13H,14-16H2,1-3H3,(H3,24,25,26);1H. The van der Waals surface area contributed by atoms with Crippen LogP contribution in [0.25, 0.3) is 0 Å². The first-order valence-electron chi connectivity index (χ1n) is 9.43. The Balaban J connectivity index is 0.00000300. The van der Waals surface area contributed by atoms with Crippen molar-refractivity contribution < 1.29 is 4.42 Å². The van der Waals surface area contributed by atoms with Crippen LogP contribution in [0.3, 0.4) is 0 Å². The summed E-state index contributed by atoms with van der Waals surface area (Å²) in [5.74, 6) is 1.38. The van der Waals surface area contributed by atoms with Gasteiger partial charge in [-0.15, -0.1) is 24.0 Å². The predicted molar refractivity (Wildman–Crippen MR) is 131 cm³/mol. The fourth-order valence-corrected chi connectivity index (χ4v) is 3.06. The van der Waals surface area contributed by atoms with E-state index in [9.17, 15) is 0 Å². The maximum atomic E-state index is 6.10. The zero-order valence-electron chi connectivity index (χ0n) is 17.2. The van der Waals surface area contributed by atoms with Gasteiger partial charge in [0.15, 0.2) is 5.96 Å². The molecule has 0 unspecified atom stereocenters. The molecule has 6 heteroatoms. The van der Waals surface area contributed by atoms with Crippen LogP contribution in [-0.4, -0.2) is 17.9 Å². The number of nitrogens with two attached hydrogens (primary N) is 1. The summed E-state index contributed by atoms with van der Waals surface area (Å²) in [4.78, 5) is 6.75. The van der Waals surface area contributed by atoms with Gasteiger partial charge in [-0.1, -0.05) is 30.3 Å². The van der Waals surface area contributed by atoms with Crippen LogP contribution in [0.5, 0.6) is 0 Å². The van der Waals surface area contributed by atoms with Crippen LogP contribution in [0.15, 0.2) is 70.3 Å². The van der Waals surface area contributed by atoms with Crippen LogP contribution in [0.2, 0.25) is 0 Å². The van der Waals surface area contributed by atoms with Crippen molar-refractivity contribution in [3.63, 3.8) is 0 Å². The van der Waals surface area contributed by atoms with Gasteiger partial charge < -0.3 is 15.5 Å². The third-order valence-corrected chi connectivity index (χ3v) is 4.76. The van der Waals surface area contributed by atoms with Crippen molar-refractivity contribution in [2.45, 2.75) is 33.5 Å². The minimum absolute atomic E-state index is 0. The average Bonchev–Trinajstić information content (AvgIpc) is 3.17. The second-order valence-electron chi connectivity index (χ2n) is 7.15. The summed E-state index contributed by atoms with van der Waals surface area (Å²) in [6.07, 6.45) is 1.71. The SMILES string of the molecule is Cc1ccc(NC(N)=NCc2ccccc2CN(C)Cc2ccco2)cc1C.I. The number of nitrogens with zero attached hydrogens (tertiary/aromatic N) is 2. The van der Waals surface area contributed by atoms with Gasteiger partial charge in [-0.2, -0.15) is 0 Å². The molecule has 0 aliphatic carbocycles. The summed E-state index contributed by atoms with van der Waals surface area (Å²) in [6, 6.07) is 18.4. The predicted octanol–water partition coefficient (Wildman–Crippen LogP) is 5.07. The zero-order valence-corrected chi connectivity index (χ0v) is 19.5. The van der Waals surface area contributed by atoms with Crippen LogP contribution in [0.4, 0.5) is 5.69 Å². The van der Waals surface area contributed by atoms with E-state index in [0.717, 1.165) is 24.5 Å². The van der Waals surface area contributed by atoms with E-state index in [4.69, 9.17) is 10.2 Å². The van der Waals surface area contributed by atoms with E-state index in [0.29, 0.717) is 12.5 Å². The molecule has 0 atom stereocenters. The van der Waals surface area contributed by atoms with E-state index in [2.05, 4.69) is 66.4 Å². The summed E-state index contributed by atoms with van der Waals surface area (Å²) in [7, 11) is 2.08. The van der Waals surface area contributed by atoms with Crippen molar-refractivity contribution in [2.75, 3.05) is 12.4 Å². The molecule has 0 bridgehead atoms. The Kier molecular flexibility index (Phi) is 8.72. The molecule has 29 heavy (non-hydrogen) atoms. The lowest BCUT2D eigenvalue weighted by molar-refractivity contribution is 0.287. The Morgan fingerprint density at radius 1 is 1.00 bits per heavy atom.